The highest BCUT2D eigenvalue weighted by atomic mass is 16.2. The zero-order chi connectivity index (χ0) is 16.8. The summed E-state index contributed by atoms with van der Waals surface area (Å²) < 4.78 is 1.84. The molecule has 0 saturated carbocycles. The van der Waals surface area contributed by atoms with E-state index in [1.807, 2.05) is 15.5 Å². The van der Waals surface area contributed by atoms with Crippen molar-refractivity contribution in [3.05, 3.63) is 40.4 Å². The number of nitrogens with zero attached hydrogens (tertiary/aromatic N) is 4. The molecule has 0 aliphatic carbocycles. The first-order valence-corrected chi connectivity index (χ1v) is 8.10. The third-order valence-corrected chi connectivity index (χ3v) is 4.94. The van der Waals surface area contributed by atoms with E-state index in [1.54, 1.807) is 25.3 Å². The van der Waals surface area contributed by atoms with Gasteiger partial charge in [-0.1, -0.05) is 0 Å². The molecule has 7 nitrogen and oxygen atoms in total. The summed E-state index contributed by atoms with van der Waals surface area (Å²) in [6, 6.07) is 5.16. The summed E-state index contributed by atoms with van der Waals surface area (Å²) in [5, 5.41) is 0. The van der Waals surface area contributed by atoms with Crippen molar-refractivity contribution in [1.82, 2.24) is 19.4 Å². The van der Waals surface area contributed by atoms with Crippen LogP contribution in [0, 0.1) is 5.92 Å². The zero-order valence-electron chi connectivity index (χ0n) is 13.5. The van der Waals surface area contributed by atoms with Crippen LogP contribution in [0.3, 0.4) is 0 Å². The Bertz CT molecular complexity index is 876. The molecule has 4 heterocycles. The number of anilines is 1. The maximum atomic E-state index is 12.6. The molecule has 2 aliphatic rings. The number of nitrogens with two attached hydrogens (primary N) is 1. The number of carbonyl (C=O) groups excluding carboxylic acids is 1. The number of pyridine rings is 1. The van der Waals surface area contributed by atoms with Gasteiger partial charge in [0.15, 0.2) is 5.82 Å². The van der Waals surface area contributed by atoms with E-state index in [1.165, 1.54) is 0 Å². The van der Waals surface area contributed by atoms with E-state index in [9.17, 15) is 9.59 Å². The first-order valence-electron chi connectivity index (χ1n) is 8.10. The Morgan fingerprint density at radius 3 is 2.88 bits per heavy atom. The molecule has 1 fully saturated rings. The molecule has 2 atom stereocenters. The summed E-state index contributed by atoms with van der Waals surface area (Å²) in [6.07, 6.45) is 2.59. The summed E-state index contributed by atoms with van der Waals surface area (Å²) in [4.78, 5) is 34.7. The summed E-state index contributed by atoms with van der Waals surface area (Å²) in [5.41, 5.74) is 7.32. The SMILES string of the molecule is CC(=O)N1C[C@@H]2C[C@H](C1)c1cc(-c3nccc(N)n3)cc(=O)n1C2. The van der Waals surface area contributed by atoms with Crippen LogP contribution >= 0.6 is 0 Å². The van der Waals surface area contributed by atoms with E-state index >= 15 is 0 Å². The normalized spacial score (nSPS) is 22.1. The maximum Gasteiger partial charge on any atom is 0.251 e. The Hall–Kier alpha value is -2.70. The molecule has 2 N–H and O–H groups in total. The highest BCUT2D eigenvalue weighted by Crippen LogP contribution is 2.36. The van der Waals surface area contributed by atoms with Crippen molar-refractivity contribution in [1.29, 1.82) is 0 Å². The average molecular weight is 325 g/mol. The first kappa shape index (κ1) is 14.9. The van der Waals surface area contributed by atoms with Crippen molar-refractivity contribution >= 4 is 11.7 Å². The summed E-state index contributed by atoms with van der Waals surface area (Å²) in [5.74, 6) is 1.44. The number of amides is 1. The van der Waals surface area contributed by atoms with Gasteiger partial charge in [-0.05, 0) is 24.5 Å². The Balaban J connectivity index is 1.79. The first-order chi connectivity index (χ1) is 11.5. The van der Waals surface area contributed by atoms with E-state index in [0.717, 1.165) is 18.7 Å². The Morgan fingerprint density at radius 2 is 2.12 bits per heavy atom. The number of hydrogen-bond acceptors (Lipinski definition) is 5. The highest BCUT2D eigenvalue weighted by Gasteiger charge is 2.35. The lowest BCUT2D eigenvalue weighted by Gasteiger charge is -2.42. The third-order valence-electron chi connectivity index (χ3n) is 4.94. The number of fused-ring (bicyclic) bond motifs is 4. The smallest absolute Gasteiger partial charge is 0.251 e. The fraction of sp³-hybridized carbons (Fsp3) is 0.412. The van der Waals surface area contributed by atoms with Crippen molar-refractivity contribution in [2.45, 2.75) is 25.8 Å². The number of hydrogen-bond donors (Lipinski definition) is 1. The Morgan fingerprint density at radius 1 is 1.29 bits per heavy atom. The molecule has 0 radical (unpaired) electrons. The van der Waals surface area contributed by atoms with Crippen LogP contribution in [0.5, 0.6) is 0 Å². The minimum Gasteiger partial charge on any atom is -0.384 e. The van der Waals surface area contributed by atoms with Gasteiger partial charge in [0.1, 0.15) is 5.82 Å². The predicted molar refractivity (Wildman–Crippen MR) is 89.2 cm³/mol. The number of piperidine rings is 1. The van der Waals surface area contributed by atoms with Crippen LogP contribution in [0.2, 0.25) is 0 Å². The molecular weight excluding hydrogens is 306 g/mol. The van der Waals surface area contributed by atoms with Crippen LogP contribution in [0.15, 0.2) is 29.2 Å². The molecule has 2 aromatic heterocycles. The molecule has 2 aromatic rings. The van der Waals surface area contributed by atoms with Gasteiger partial charge in [-0.2, -0.15) is 0 Å². The van der Waals surface area contributed by atoms with E-state index < -0.39 is 0 Å². The number of aromatic nitrogens is 3. The van der Waals surface area contributed by atoms with Crippen molar-refractivity contribution in [2.75, 3.05) is 18.8 Å². The quantitative estimate of drug-likeness (QED) is 0.839. The molecule has 24 heavy (non-hydrogen) atoms. The topological polar surface area (TPSA) is 94.1 Å². The number of carbonyl (C=O) groups is 1. The van der Waals surface area contributed by atoms with Crippen LogP contribution < -0.4 is 11.3 Å². The van der Waals surface area contributed by atoms with E-state index in [-0.39, 0.29) is 17.4 Å². The van der Waals surface area contributed by atoms with Crippen molar-refractivity contribution in [2.24, 2.45) is 5.92 Å². The van der Waals surface area contributed by atoms with Gasteiger partial charge in [-0.3, -0.25) is 9.59 Å². The number of nitrogen functional groups attached to an aromatic ring is 1. The lowest BCUT2D eigenvalue weighted by Crippen LogP contribution is -2.48. The molecule has 2 aliphatic heterocycles. The molecule has 0 unspecified atom stereocenters. The standard InChI is InChI=1S/C17H19N5O2/c1-10(23)21-7-11-4-13(9-21)14-5-12(6-16(24)22(14)8-11)17-19-3-2-15(18)20-17/h2-3,5-6,11,13H,4,7-9H2,1H3,(H2,18,19,20)/t11-,13+/m0/s1. The predicted octanol–water partition coefficient (Wildman–Crippen LogP) is 0.853. The highest BCUT2D eigenvalue weighted by molar-refractivity contribution is 5.73. The second-order valence-corrected chi connectivity index (χ2v) is 6.65. The van der Waals surface area contributed by atoms with Gasteiger partial charge < -0.3 is 15.2 Å². The molecule has 7 heteroatoms. The van der Waals surface area contributed by atoms with Crippen molar-refractivity contribution in [3.8, 4) is 11.4 Å². The molecule has 0 spiro atoms. The molecule has 124 valence electrons. The summed E-state index contributed by atoms with van der Waals surface area (Å²) in [7, 11) is 0. The fourth-order valence-electron chi connectivity index (χ4n) is 3.86. The third kappa shape index (κ3) is 2.46. The van der Waals surface area contributed by atoms with Crippen LogP contribution in [-0.4, -0.2) is 38.4 Å². The lowest BCUT2D eigenvalue weighted by atomic mass is 9.82. The maximum absolute atomic E-state index is 12.6. The largest absolute Gasteiger partial charge is 0.384 e. The Kier molecular flexibility index (Phi) is 3.37. The molecular formula is C17H19N5O2. The van der Waals surface area contributed by atoms with Crippen LogP contribution in [-0.2, 0) is 11.3 Å². The van der Waals surface area contributed by atoms with Gasteiger partial charge in [0.05, 0.1) is 0 Å². The summed E-state index contributed by atoms with van der Waals surface area (Å²) >= 11 is 0. The molecule has 2 bridgehead atoms. The Labute approximate surface area is 139 Å². The molecule has 0 aromatic carbocycles. The van der Waals surface area contributed by atoms with E-state index in [0.29, 0.717) is 36.2 Å². The minimum atomic E-state index is -0.0421. The second-order valence-electron chi connectivity index (χ2n) is 6.65. The lowest BCUT2D eigenvalue weighted by molar-refractivity contribution is -0.131. The van der Waals surface area contributed by atoms with Crippen LogP contribution in [0.25, 0.3) is 11.4 Å². The van der Waals surface area contributed by atoms with Crippen LogP contribution in [0.1, 0.15) is 25.0 Å². The molecule has 1 saturated heterocycles. The fourth-order valence-corrected chi connectivity index (χ4v) is 3.86. The van der Waals surface area contributed by atoms with E-state index in [4.69, 9.17) is 5.73 Å². The second kappa shape index (κ2) is 5.43. The van der Waals surface area contributed by atoms with Gasteiger partial charge in [-0.15, -0.1) is 0 Å². The van der Waals surface area contributed by atoms with Gasteiger partial charge in [0, 0.05) is 56.0 Å². The summed E-state index contributed by atoms with van der Waals surface area (Å²) in [6.45, 7) is 3.65. The van der Waals surface area contributed by atoms with Gasteiger partial charge >= 0.3 is 0 Å². The number of likely N-dealkylation sites (tertiary alicyclic amines) is 1. The monoisotopic (exact) mass is 325 g/mol. The van der Waals surface area contributed by atoms with E-state index in [2.05, 4.69) is 9.97 Å². The van der Waals surface area contributed by atoms with Gasteiger partial charge in [-0.25, -0.2) is 9.97 Å². The zero-order valence-corrected chi connectivity index (χ0v) is 13.5. The average Bonchev–Trinajstić information content (AvgIpc) is 2.55. The van der Waals surface area contributed by atoms with Crippen LogP contribution in [0.4, 0.5) is 5.82 Å². The molecule has 1 amide bonds. The number of rotatable bonds is 1. The minimum absolute atomic E-state index is 0.0421. The van der Waals surface area contributed by atoms with Gasteiger partial charge in [0.25, 0.3) is 5.56 Å². The van der Waals surface area contributed by atoms with Gasteiger partial charge in [0.2, 0.25) is 5.91 Å². The van der Waals surface area contributed by atoms with Crippen molar-refractivity contribution in [3.63, 3.8) is 0 Å². The van der Waals surface area contributed by atoms with Crippen molar-refractivity contribution < 1.29 is 4.79 Å². The molecule has 4 rings (SSSR count).